The Bertz CT molecular complexity index is 775. The van der Waals surface area contributed by atoms with Crippen LogP contribution in [0.2, 0.25) is 0 Å². The quantitative estimate of drug-likeness (QED) is 0.626. The smallest absolute Gasteiger partial charge is 0.276 e. The summed E-state index contributed by atoms with van der Waals surface area (Å²) in [5, 5.41) is 8.15. The molecule has 0 saturated carbocycles. The summed E-state index contributed by atoms with van der Waals surface area (Å²) in [7, 11) is 0. The molecule has 1 heterocycles. The number of hydrogen-bond acceptors (Lipinski definition) is 4. The summed E-state index contributed by atoms with van der Waals surface area (Å²) in [6.07, 6.45) is 2.20. The van der Waals surface area contributed by atoms with Gasteiger partial charge in [-0.2, -0.15) is 0 Å². The number of benzene rings is 2. The molecule has 0 unspecified atom stereocenters. The Morgan fingerprint density at radius 3 is 2.31 bits per heavy atom. The van der Waals surface area contributed by atoms with Crippen molar-refractivity contribution in [3.8, 4) is 11.1 Å². The van der Waals surface area contributed by atoms with Crippen LogP contribution in [0.15, 0.2) is 48.5 Å². The first-order valence-electron chi connectivity index (χ1n) is 8.70. The molecular formula is C20H22N2O3S. The number of carbonyl (C=O) groups excluding carboxylic acids is 2. The van der Waals surface area contributed by atoms with Gasteiger partial charge in [0, 0.05) is 17.9 Å². The lowest BCUT2D eigenvalue weighted by Crippen LogP contribution is -2.43. The van der Waals surface area contributed by atoms with E-state index in [0.29, 0.717) is 17.9 Å². The van der Waals surface area contributed by atoms with Crippen LogP contribution in [0.25, 0.3) is 11.1 Å². The molecular weight excluding hydrogens is 348 g/mol. The topological polar surface area (TPSA) is 69.6 Å². The van der Waals surface area contributed by atoms with Gasteiger partial charge in [0.2, 0.25) is 0 Å². The number of hydroxylamine groups is 1. The summed E-state index contributed by atoms with van der Waals surface area (Å²) >= 11 is 1.34. The van der Waals surface area contributed by atoms with Gasteiger partial charge < -0.3 is 4.90 Å². The lowest BCUT2D eigenvalue weighted by atomic mass is 10.0. The molecule has 0 aliphatic carbocycles. The number of thioether (sulfide) groups is 1. The van der Waals surface area contributed by atoms with E-state index in [9.17, 15) is 9.59 Å². The molecule has 2 amide bonds. The molecule has 2 aromatic carbocycles. The third-order valence-corrected chi connectivity index (χ3v) is 5.65. The molecule has 0 radical (unpaired) electrons. The van der Waals surface area contributed by atoms with Gasteiger partial charge in [-0.1, -0.05) is 49.7 Å². The minimum absolute atomic E-state index is 0.201. The molecule has 26 heavy (non-hydrogen) atoms. The van der Waals surface area contributed by atoms with E-state index < -0.39 is 11.3 Å². The monoisotopic (exact) mass is 370 g/mol. The summed E-state index contributed by atoms with van der Waals surface area (Å²) in [5.74, 6) is -0.0930. The highest BCUT2D eigenvalue weighted by Gasteiger charge is 2.35. The van der Waals surface area contributed by atoms with Crippen molar-refractivity contribution in [3.63, 3.8) is 0 Å². The number of hydrogen-bond donors (Lipinski definition) is 2. The lowest BCUT2D eigenvalue weighted by molar-refractivity contribution is -0.130. The van der Waals surface area contributed by atoms with Crippen molar-refractivity contribution >= 4 is 23.6 Å². The van der Waals surface area contributed by atoms with Gasteiger partial charge in [0.1, 0.15) is 0 Å². The number of nitrogens with one attached hydrogen (secondary N) is 1. The fourth-order valence-corrected chi connectivity index (χ4v) is 4.18. The van der Waals surface area contributed by atoms with Gasteiger partial charge in [-0.05, 0) is 35.2 Å². The molecule has 1 fully saturated rings. The van der Waals surface area contributed by atoms with Crippen molar-refractivity contribution < 1.29 is 14.8 Å². The summed E-state index contributed by atoms with van der Waals surface area (Å²) in [6.45, 7) is 2.65. The maximum atomic E-state index is 12.7. The van der Waals surface area contributed by atoms with Crippen LogP contribution in [0.4, 0.5) is 0 Å². The van der Waals surface area contributed by atoms with Gasteiger partial charge >= 0.3 is 0 Å². The first-order chi connectivity index (χ1) is 12.6. The fourth-order valence-electron chi connectivity index (χ4n) is 3.07. The molecule has 0 aromatic heterocycles. The van der Waals surface area contributed by atoms with Gasteiger partial charge in [-0.25, -0.2) is 5.48 Å². The molecule has 136 valence electrons. The van der Waals surface area contributed by atoms with Crippen molar-refractivity contribution in [2.75, 3.05) is 12.3 Å². The highest BCUT2D eigenvalue weighted by atomic mass is 32.2. The van der Waals surface area contributed by atoms with E-state index in [1.165, 1.54) is 22.2 Å². The average molecular weight is 370 g/mol. The van der Waals surface area contributed by atoms with Crippen LogP contribution in [0.5, 0.6) is 0 Å². The van der Waals surface area contributed by atoms with Gasteiger partial charge in [-0.15, -0.1) is 11.8 Å². The van der Waals surface area contributed by atoms with Crippen molar-refractivity contribution in [2.24, 2.45) is 0 Å². The number of rotatable bonds is 5. The van der Waals surface area contributed by atoms with E-state index in [0.717, 1.165) is 24.0 Å². The maximum absolute atomic E-state index is 12.7. The van der Waals surface area contributed by atoms with E-state index in [4.69, 9.17) is 5.21 Å². The van der Waals surface area contributed by atoms with Crippen molar-refractivity contribution in [1.29, 1.82) is 0 Å². The van der Waals surface area contributed by atoms with E-state index >= 15 is 0 Å². The van der Waals surface area contributed by atoms with Crippen molar-refractivity contribution in [1.82, 2.24) is 10.4 Å². The fraction of sp³-hybridized carbons (Fsp3) is 0.300. The molecule has 1 aliphatic heterocycles. The molecule has 1 atom stereocenters. The molecule has 2 aromatic rings. The van der Waals surface area contributed by atoms with E-state index in [1.54, 1.807) is 17.6 Å². The Kier molecular flexibility index (Phi) is 5.96. The number of carbonyl (C=O) groups is 2. The first-order valence-corrected chi connectivity index (χ1v) is 9.75. The van der Waals surface area contributed by atoms with Gasteiger partial charge in [0.15, 0.2) is 5.37 Å². The molecule has 1 aliphatic rings. The standard InChI is InChI=1S/C20H22N2O3S/c1-2-3-14-4-6-15(7-5-14)16-8-10-17(11-9-16)19(24)22-12-13-26-20(22)18(23)21-25/h4-11,20,25H,2-3,12-13H2,1H3,(H,21,23)/t20-/m1/s1. The SMILES string of the molecule is CCCc1ccc(-c2ccc(C(=O)N3CCS[C@@H]3C(=O)NO)cc2)cc1. The Hall–Kier alpha value is -2.31. The number of aryl methyl sites for hydroxylation is 1. The highest BCUT2D eigenvalue weighted by Crippen LogP contribution is 2.27. The van der Waals surface area contributed by atoms with Gasteiger partial charge in [0.05, 0.1) is 0 Å². The van der Waals surface area contributed by atoms with Crippen LogP contribution in [-0.4, -0.2) is 39.6 Å². The van der Waals surface area contributed by atoms with E-state index in [2.05, 4.69) is 31.2 Å². The number of amides is 2. The van der Waals surface area contributed by atoms with Crippen LogP contribution in [0.3, 0.4) is 0 Å². The summed E-state index contributed by atoms with van der Waals surface area (Å²) in [4.78, 5) is 25.9. The third kappa shape index (κ3) is 3.92. The first kappa shape index (κ1) is 18.5. The maximum Gasteiger partial charge on any atom is 0.276 e. The second kappa shape index (κ2) is 8.38. The zero-order valence-electron chi connectivity index (χ0n) is 14.6. The minimum atomic E-state index is -0.682. The van der Waals surface area contributed by atoms with Gasteiger partial charge in [0.25, 0.3) is 11.8 Å². The van der Waals surface area contributed by atoms with Crippen LogP contribution in [0.1, 0.15) is 29.3 Å². The Balaban J connectivity index is 1.74. The van der Waals surface area contributed by atoms with Gasteiger partial charge in [-0.3, -0.25) is 14.8 Å². The van der Waals surface area contributed by atoms with Crippen LogP contribution in [0, 0.1) is 0 Å². The molecule has 0 bridgehead atoms. The second-order valence-electron chi connectivity index (χ2n) is 6.22. The Morgan fingerprint density at radius 2 is 1.73 bits per heavy atom. The summed E-state index contributed by atoms with van der Waals surface area (Å²) < 4.78 is 0. The minimum Gasteiger partial charge on any atom is -0.317 e. The molecule has 0 spiro atoms. The zero-order chi connectivity index (χ0) is 18.5. The molecule has 1 saturated heterocycles. The predicted octanol–water partition coefficient (Wildman–Crippen LogP) is 3.33. The van der Waals surface area contributed by atoms with Crippen LogP contribution >= 0.6 is 11.8 Å². The molecule has 5 nitrogen and oxygen atoms in total. The Labute approximate surface area is 157 Å². The summed E-state index contributed by atoms with van der Waals surface area (Å²) in [6, 6.07) is 15.9. The zero-order valence-corrected chi connectivity index (χ0v) is 15.5. The molecule has 3 rings (SSSR count). The Morgan fingerprint density at radius 1 is 1.12 bits per heavy atom. The average Bonchev–Trinajstić information content (AvgIpc) is 3.18. The normalized spacial score (nSPS) is 16.5. The molecule has 2 N–H and O–H groups in total. The van der Waals surface area contributed by atoms with Crippen LogP contribution < -0.4 is 5.48 Å². The number of nitrogens with zero attached hydrogens (tertiary/aromatic N) is 1. The van der Waals surface area contributed by atoms with E-state index in [1.807, 2.05) is 12.1 Å². The van der Waals surface area contributed by atoms with Crippen LogP contribution in [-0.2, 0) is 11.2 Å². The third-order valence-electron chi connectivity index (χ3n) is 4.44. The van der Waals surface area contributed by atoms with Crippen molar-refractivity contribution in [3.05, 3.63) is 59.7 Å². The largest absolute Gasteiger partial charge is 0.317 e. The van der Waals surface area contributed by atoms with E-state index in [-0.39, 0.29) is 5.91 Å². The lowest BCUT2D eigenvalue weighted by Gasteiger charge is -2.22. The predicted molar refractivity (Wildman–Crippen MR) is 103 cm³/mol. The highest BCUT2D eigenvalue weighted by molar-refractivity contribution is 8.00. The van der Waals surface area contributed by atoms with Crippen molar-refractivity contribution in [2.45, 2.75) is 25.1 Å². The summed E-state index contributed by atoms with van der Waals surface area (Å²) in [5.41, 5.74) is 5.65. The molecule has 6 heteroatoms. The second-order valence-corrected chi connectivity index (χ2v) is 7.41.